The van der Waals surface area contributed by atoms with Gasteiger partial charge in [0.25, 0.3) is 0 Å². The molecule has 0 amide bonds. The van der Waals surface area contributed by atoms with Crippen LogP contribution in [0.25, 0.3) is 0 Å². The number of quaternary nitrogens is 1. The lowest BCUT2D eigenvalue weighted by Crippen LogP contribution is -2.61. The van der Waals surface area contributed by atoms with E-state index in [4.69, 9.17) is 18.9 Å². The maximum Gasteiger partial charge on any atom is 0.341 e. The Hall–Kier alpha value is -1.52. The fourth-order valence-electron chi connectivity index (χ4n) is 5.11. The number of rotatable bonds is 0. The van der Waals surface area contributed by atoms with Gasteiger partial charge in [-0.1, -0.05) is 0 Å². The predicted molar refractivity (Wildman–Crippen MR) is 87.9 cm³/mol. The molecule has 5 heterocycles. The number of epoxide rings is 1. The molecule has 1 N–H and O–H groups in total. The standard InChI is InChI=1S/C18H23NO8/c1-10-18(22)8-17(9-25-10)16(2,27-17)14(20)24-7-11-3-5-19(23)6-4-12(13(11)19)26-15(18)21/h3,10,12-13,22H,4-9H2,1-2H3/t10?,12-,13-,16?,17?,18?,19?/m1/s1. The summed E-state index contributed by atoms with van der Waals surface area (Å²) in [6, 6.07) is -0.609. The zero-order valence-corrected chi connectivity index (χ0v) is 15.3. The van der Waals surface area contributed by atoms with Crippen LogP contribution in [-0.4, -0.2) is 83.0 Å². The smallest absolute Gasteiger partial charge is 0.341 e. The third-order valence-electron chi connectivity index (χ3n) is 7.09. The van der Waals surface area contributed by atoms with Crippen LogP contribution in [0.2, 0.25) is 0 Å². The fourth-order valence-corrected chi connectivity index (χ4v) is 5.11. The summed E-state index contributed by atoms with van der Waals surface area (Å²) in [5, 5.41) is 24.1. The van der Waals surface area contributed by atoms with E-state index >= 15 is 0 Å². The number of hydroxylamine groups is 3. The molecule has 5 unspecified atom stereocenters. The average molecular weight is 381 g/mol. The molecular formula is C18H23NO8. The number of carbonyl (C=O) groups is 2. The third-order valence-corrected chi connectivity index (χ3v) is 7.09. The normalized spacial score (nSPS) is 53.9. The Kier molecular flexibility index (Phi) is 3.31. The predicted octanol–water partition coefficient (Wildman–Crippen LogP) is -0.450. The number of hydrogen-bond donors (Lipinski definition) is 1. The van der Waals surface area contributed by atoms with Crippen molar-refractivity contribution in [1.29, 1.82) is 0 Å². The van der Waals surface area contributed by atoms with Crippen LogP contribution in [0.4, 0.5) is 0 Å². The van der Waals surface area contributed by atoms with Gasteiger partial charge in [0.15, 0.2) is 23.3 Å². The van der Waals surface area contributed by atoms with Crippen molar-refractivity contribution in [2.24, 2.45) is 0 Å². The molecule has 2 bridgehead atoms. The van der Waals surface area contributed by atoms with Gasteiger partial charge >= 0.3 is 11.9 Å². The zero-order chi connectivity index (χ0) is 19.2. The Labute approximate surface area is 156 Å². The van der Waals surface area contributed by atoms with Crippen molar-refractivity contribution in [3.8, 4) is 0 Å². The van der Waals surface area contributed by atoms with Gasteiger partial charge in [-0.2, -0.15) is 0 Å². The Morgan fingerprint density at radius 3 is 2.89 bits per heavy atom. The van der Waals surface area contributed by atoms with Gasteiger partial charge in [-0.25, -0.2) is 9.59 Å². The van der Waals surface area contributed by atoms with Gasteiger partial charge in [-0.3, -0.25) is 0 Å². The van der Waals surface area contributed by atoms with E-state index in [0.717, 1.165) is 0 Å². The summed E-state index contributed by atoms with van der Waals surface area (Å²) in [6.07, 6.45) is 0.556. The molecule has 5 rings (SSSR count). The second-order valence-electron chi connectivity index (χ2n) is 8.57. The first-order valence-electron chi connectivity index (χ1n) is 9.33. The second kappa shape index (κ2) is 5.09. The van der Waals surface area contributed by atoms with Crippen molar-refractivity contribution in [2.75, 3.05) is 26.3 Å². The number of aliphatic hydroxyl groups is 1. The minimum absolute atomic E-state index is 0.0314. The van der Waals surface area contributed by atoms with Crippen molar-refractivity contribution >= 4 is 11.9 Å². The summed E-state index contributed by atoms with van der Waals surface area (Å²) in [6.45, 7) is 3.77. The van der Waals surface area contributed by atoms with Crippen molar-refractivity contribution < 1.29 is 38.3 Å². The molecular weight excluding hydrogens is 358 g/mol. The highest BCUT2D eigenvalue weighted by Crippen LogP contribution is 2.56. The molecule has 9 nitrogen and oxygen atoms in total. The highest BCUT2D eigenvalue weighted by atomic mass is 16.7. The van der Waals surface area contributed by atoms with Gasteiger partial charge in [-0.15, -0.1) is 0 Å². The lowest BCUT2D eigenvalue weighted by Gasteiger charge is -2.42. The number of cyclic esters (lactones) is 1. The van der Waals surface area contributed by atoms with E-state index < -0.39 is 51.6 Å². The first-order valence-corrected chi connectivity index (χ1v) is 9.33. The first kappa shape index (κ1) is 17.6. The van der Waals surface area contributed by atoms with Gasteiger partial charge in [0.05, 0.1) is 25.8 Å². The SMILES string of the molecule is CC1OCC23CC1(O)C(=O)O[C@@H]1CC[N+]4([O-])CC=C(COC(=O)C2(C)O3)[C@H]14. The number of carbonyl (C=O) groups excluding carboxylic acids is 2. The van der Waals surface area contributed by atoms with Crippen LogP contribution < -0.4 is 0 Å². The Morgan fingerprint density at radius 1 is 1.33 bits per heavy atom. The van der Waals surface area contributed by atoms with E-state index in [1.165, 1.54) is 0 Å². The largest absolute Gasteiger partial charge is 0.632 e. The van der Waals surface area contributed by atoms with Gasteiger partial charge in [0, 0.05) is 18.4 Å². The summed E-state index contributed by atoms with van der Waals surface area (Å²) < 4.78 is 21.9. The van der Waals surface area contributed by atoms with E-state index in [1.54, 1.807) is 19.9 Å². The molecule has 5 aliphatic rings. The first-order chi connectivity index (χ1) is 12.6. The van der Waals surface area contributed by atoms with Crippen molar-refractivity contribution in [3.63, 3.8) is 0 Å². The summed E-state index contributed by atoms with van der Waals surface area (Å²) >= 11 is 0. The number of fused-ring (bicyclic) bond motifs is 1. The lowest BCUT2D eigenvalue weighted by atomic mass is 9.78. The number of nitrogens with zero attached hydrogens (tertiary/aromatic N) is 1. The van der Waals surface area contributed by atoms with Gasteiger partial charge < -0.3 is 33.9 Å². The van der Waals surface area contributed by atoms with Crippen LogP contribution in [-0.2, 0) is 28.5 Å². The second-order valence-corrected chi connectivity index (χ2v) is 8.57. The molecule has 4 fully saturated rings. The molecule has 0 aromatic rings. The summed E-state index contributed by atoms with van der Waals surface area (Å²) in [4.78, 5) is 25.6. The van der Waals surface area contributed by atoms with Crippen molar-refractivity contribution in [1.82, 2.24) is 0 Å². The summed E-state index contributed by atoms with van der Waals surface area (Å²) in [5.41, 5.74) is -3.73. The topological polar surface area (TPSA) is 118 Å². The van der Waals surface area contributed by atoms with Gasteiger partial charge in [0.2, 0.25) is 0 Å². The van der Waals surface area contributed by atoms with E-state index in [9.17, 15) is 19.9 Å². The molecule has 0 aromatic carbocycles. The molecule has 1 spiro atoms. The molecule has 0 saturated carbocycles. The van der Waals surface area contributed by atoms with Crippen LogP contribution in [0, 0.1) is 5.21 Å². The minimum Gasteiger partial charge on any atom is -0.632 e. The van der Waals surface area contributed by atoms with E-state index in [-0.39, 0.29) is 26.2 Å². The van der Waals surface area contributed by atoms with Crippen LogP contribution in [0.15, 0.2) is 11.6 Å². The molecule has 7 atom stereocenters. The van der Waals surface area contributed by atoms with Crippen LogP contribution in [0.3, 0.4) is 0 Å². The number of hydrogen-bond acceptors (Lipinski definition) is 8. The van der Waals surface area contributed by atoms with Crippen LogP contribution in [0.1, 0.15) is 26.7 Å². The Balaban J connectivity index is 1.54. The van der Waals surface area contributed by atoms with Crippen molar-refractivity contribution in [2.45, 2.75) is 61.7 Å². The Bertz CT molecular complexity index is 768. The quantitative estimate of drug-likeness (QED) is 0.197. The zero-order valence-electron chi connectivity index (χ0n) is 15.3. The average Bonchev–Trinajstić information content (AvgIpc) is 2.87. The van der Waals surface area contributed by atoms with E-state index in [1.807, 2.05) is 0 Å². The number of ether oxygens (including phenoxy) is 4. The fraction of sp³-hybridized carbons (Fsp3) is 0.778. The monoisotopic (exact) mass is 381 g/mol. The molecule has 0 aliphatic carbocycles. The highest BCUT2D eigenvalue weighted by Gasteiger charge is 2.77. The molecule has 5 aliphatic heterocycles. The molecule has 0 aromatic heterocycles. The molecule has 4 saturated heterocycles. The number of esters is 2. The highest BCUT2D eigenvalue weighted by molar-refractivity contribution is 5.86. The maximum absolute atomic E-state index is 13.0. The summed E-state index contributed by atoms with van der Waals surface area (Å²) in [5.74, 6) is -1.41. The Morgan fingerprint density at radius 2 is 2.11 bits per heavy atom. The van der Waals surface area contributed by atoms with Crippen LogP contribution in [0.5, 0.6) is 0 Å². The molecule has 27 heavy (non-hydrogen) atoms. The maximum atomic E-state index is 13.0. The molecule has 9 heteroatoms. The molecule has 148 valence electrons. The van der Waals surface area contributed by atoms with Gasteiger partial charge in [-0.05, 0) is 19.9 Å². The minimum atomic E-state index is -1.96. The lowest BCUT2D eigenvalue weighted by molar-refractivity contribution is -0.877. The van der Waals surface area contributed by atoms with Crippen LogP contribution >= 0.6 is 0 Å². The molecule has 0 radical (unpaired) electrons. The van der Waals surface area contributed by atoms with Crippen molar-refractivity contribution in [3.05, 3.63) is 16.9 Å². The van der Waals surface area contributed by atoms with Gasteiger partial charge in [0.1, 0.15) is 12.2 Å². The van der Waals surface area contributed by atoms with E-state index in [2.05, 4.69) is 0 Å². The summed E-state index contributed by atoms with van der Waals surface area (Å²) in [7, 11) is 0. The van der Waals surface area contributed by atoms with E-state index in [0.29, 0.717) is 18.5 Å². The third kappa shape index (κ3) is 2.11.